The van der Waals surface area contributed by atoms with Gasteiger partial charge in [-0.05, 0) is 13.0 Å². The monoisotopic (exact) mass is 160 g/mol. The molecule has 0 saturated carbocycles. The highest BCUT2D eigenvalue weighted by molar-refractivity contribution is 5.57. The van der Waals surface area contributed by atoms with Crippen LogP contribution in [-0.4, -0.2) is 5.11 Å². The van der Waals surface area contributed by atoms with Crippen molar-refractivity contribution in [2.75, 3.05) is 0 Å². The molecule has 0 atom stereocenters. The average molecular weight is 160 g/mol. The van der Waals surface area contributed by atoms with Gasteiger partial charge in [0.15, 0.2) is 0 Å². The van der Waals surface area contributed by atoms with Crippen LogP contribution < -0.4 is 0 Å². The number of aromatic hydroxyl groups is 1. The van der Waals surface area contributed by atoms with E-state index in [0.29, 0.717) is 5.75 Å². The molecule has 0 aliphatic rings. The molecular weight excluding hydrogens is 148 g/mol. The van der Waals surface area contributed by atoms with Crippen LogP contribution in [0.1, 0.15) is 12.5 Å². The van der Waals surface area contributed by atoms with Crippen molar-refractivity contribution in [3.63, 3.8) is 0 Å². The molecule has 0 radical (unpaired) electrons. The number of para-hydroxylation sites is 1. The zero-order chi connectivity index (χ0) is 8.81. The lowest BCUT2D eigenvalue weighted by Crippen LogP contribution is -1.71. The van der Waals surface area contributed by atoms with Crippen molar-refractivity contribution >= 4 is 6.08 Å². The predicted octanol–water partition coefficient (Wildman–Crippen LogP) is 2.98. The van der Waals surface area contributed by atoms with Crippen LogP contribution in [0.5, 0.6) is 5.75 Å². The van der Waals surface area contributed by atoms with Gasteiger partial charge >= 0.3 is 0 Å². The average Bonchev–Trinajstić information content (AvgIpc) is 2.09. The highest BCUT2D eigenvalue weighted by Crippen LogP contribution is 2.16. The molecule has 12 heavy (non-hydrogen) atoms. The van der Waals surface area contributed by atoms with Crippen molar-refractivity contribution in [3.05, 3.63) is 48.1 Å². The normalized spacial score (nSPS) is 11.4. The van der Waals surface area contributed by atoms with Crippen LogP contribution in [0.25, 0.3) is 6.08 Å². The summed E-state index contributed by atoms with van der Waals surface area (Å²) >= 11 is 0. The zero-order valence-electron chi connectivity index (χ0n) is 7.07. The molecular formula is C11H12O. The van der Waals surface area contributed by atoms with Crippen LogP contribution in [0.3, 0.4) is 0 Å². The number of rotatable bonds is 2. The lowest BCUT2D eigenvalue weighted by atomic mass is 10.2. The van der Waals surface area contributed by atoms with Gasteiger partial charge in [-0.1, -0.05) is 42.5 Å². The maximum Gasteiger partial charge on any atom is 0.122 e. The Bertz CT molecular complexity index is 298. The molecule has 0 aliphatic heterocycles. The van der Waals surface area contributed by atoms with E-state index in [1.807, 2.05) is 49.4 Å². The number of phenols is 1. The first-order valence-electron chi connectivity index (χ1n) is 3.92. The van der Waals surface area contributed by atoms with Crippen LogP contribution in [0.2, 0.25) is 0 Å². The molecule has 0 bridgehead atoms. The standard InChI is InChI=1S/C11H12O/c1-2-3-4-7-10-8-5-6-9-11(10)12/h2-9,12H,1H3. The van der Waals surface area contributed by atoms with Crippen LogP contribution in [0, 0.1) is 0 Å². The van der Waals surface area contributed by atoms with Crippen molar-refractivity contribution in [2.24, 2.45) is 0 Å². The smallest absolute Gasteiger partial charge is 0.122 e. The third-order valence-electron chi connectivity index (χ3n) is 1.52. The minimum absolute atomic E-state index is 0.318. The fourth-order valence-corrected chi connectivity index (χ4v) is 0.899. The summed E-state index contributed by atoms with van der Waals surface area (Å²) in [7, 11) is 0. The quantitative estimate of drug-likeness (QED) is 0.659. The van der Waals surface area contributed by atoms with Crippen LogP contribution in [0.4, 0.5) is 0 Å². The Hall–Kier alpha value is -1.50. The first-order valence-corrected chi connectivity index (χ1v) is 3.92. The van der Waals surface area contributed by atoms with Gasteiger partial charge in [0.05, 0.1) is 0 Å². The van der Waals surface area contributed by atoms with E-state index in [9.17, 15) is 5.11 Å². The van der Waals surface area contributed by atoms with E-state index in [1.165, 1.54) is 0 Å². The molecule has 0 heterocycles. The van der Waals surface area contributed by atoms with Gasteiger partial charge in [-0.3, -0.25) is 0 Å². The third kappa shape index (κ3) is 2.27. The molecule has 0 aliphatic carbocycles. The summed E-state index contributed by atoms with van der Waals surface area (Å²) in [6.45, 7) is 1.95. The van der Waals surface area contributed by atoms with Crippen molar-refractivity contribution in [3.8, 4) is 5.75 Å². The van der Waals surface area contributed by atoms with E-state index in [-0.39, 0.29) is 0 Å². The largest absolute Gasteiger partial charge is 0.507 e. The van der Waals surface area contributed by atoms with Gasteiger partial charge in [0.25, 0.3) is 0 Å². The fourth-order valence-electron chi connectivity index (χ4n) is 0.899. The molecule has 0 amide bonds. The SMILES string of the molecule is CC=CC=Cc1ccccc1O. The van der Waals surface area contributed by atoms with Crippen molar-refractivity contribution in [1.82, 2.24) is 0 Å². The second-order valence-electron chi connectivity index (χ2n) is 2.44. The summed E-state index contributed by atoms with van der Waals surface area (Å²) in [5, 5.41) is 9.33. The summed E-state index contributed by atoms with van der Waals surface area (Å²) in [4.78, 5) is 0. The molecule has 0 unspecified atom stereocenters. The highest BCUT2D eigenvalue weighted by atomic mass is 16.3. The van der Waals surface area contributed by atoms with Crippen LogP contribution in [0.15, 0.2) is 42.5 Å². The molecule has 1 rings (SSSR count). The lowest BCUT2D eigenvalue weighted by molar-refractivity contribution is 0.474. The van der Waals surface area contributed by atoms with Crippen molar-refractivity contribution in [2.45, 2.75) is 6.92 Å². The molecule has 0 spiro atoms. The lowest BCUT2D eigenvalue weighted by Gasteiger charge is -1.95. The Morgan fingerprint density at radius 3 is 2.58 bits per heavy atom. The van der Waals surface area contributed by atoms with Crippen LogP contribution >= 0.6 is 0 Å². The zero-order valence-corrected chi connectivity index (χ0v) is 7.07. The van der Waals surface area contributed by atoms with E-state index >= 15 is 0 Å². The minimum atomic E-state index is 0.318. The Labute approximate surface area is 72.7 Å². The third-order valence-corrected chi connectivity index (χ3v) is 1.52. The van der Waals surface area contributed by atoms with Crippen LogP contribution in [-0.2, 0) is 0 Å². The topological polar surface area (TPSA) is 20.2 Å². The summed E-state index contributed by atoms with van der Waals surface area (Å²) in [6.07, 6.45) is 7.63. The fraction of sp³-hybridized carbons (Fsp3) is 0.0909. The van der Waals surface area contributed by atoms with Gasteiger partial charge in [-0.25, -0.2) is 0 Å². The van der Waals surface area contributed by atoms with E-state index < -0.39 is 0 Å². The molecule has 62 valence electrons. The molecule has 1 nitrogen and oxygen atoms in total. The number of hydrogen-bond acceptors (Lipinski definition) is 1. The second kappa shape index (κ2) is 4.39. The van der Waals surface area contributed by atoms with E-state index in [1.54, 1.807) is 6.07 Å². The van der Waals surface area contributed by atoms with E-state index in [2.05, 4.69) is 0 Å². The Balaban J connectivity index is 2.82. The molecule has 1 heteroatoms. The van der Waals surface area contributed by atoms with Gasteiger partial charge in [0.1, 0.15) is 5.75 Å². The number of allylic oxidation sites excluding steroid dienone is 3. The molecule has 0 saturated heterocycles. The predicted molar refractivity (Wildman–Crippen MR) is 52.0 cm³/mol. The van der Waals surface area contributed by atoms with E-state index in [0.717, 1.165) is 5.56 Å². The first-order chi connectivity index (χ1) is 5.84. The first kappa shape index (κ1) is 8.60. The van der Waals surface area contributed by atoms with E-state index in [4.69, 9.17) is 0 Å². The van der Waals surface area contributed by atoms with Gasteiger partial charge in [-0.15, -0.1) is 0 Å². The summed E-state index contributed by atoms with van der Waals surface area (Å²) < 4.78 is 0. The van der Waals surface area contributed by atoms with Crippen molar-refractivity contribution in [1.29, 1.82) is 0 Å². The van der Waals surface area contributed by atoms with Gasteiger partial charge in [0.2, 0.25) is 0 Å². The van der Waals surface area contributed by atoms with Gasteiger partial charge < -0.3 is 5.11 Å². The molecule has 1 aromatic carbocycles. The van der Waals surface area contributed by atoms with Crippen molar-refractivity contribution < 1.29 is 5.11 Å². The van der Waals surface area contributed by atoms with Gasteiger partial charge in [-0.2, -0.15) is 0 Å². The molecule has 0 fully saturated rings. The Morgan fingerprint density at radius 1 is 1.17 bits per heavy atom. The molecule has 1 N–H and O–H groups in total. The number of phenolic OH excluding ortho intramolecular Hbond substituents is 1. The minimum Gasteiger partial charge on any atom is -0.507 e. The number of hydrogen-bond donors (Lipinski definition) is 1. The summed E-state index contributed by atoms with van der Waals surface area (Å²) in [5.74, 6) is 0.318. The Kier molecular flexibility index (Phi) is 3.15. The van der Waals surface area contributed by atoms with Gasteiger partial charge in [0, 0.05) is 5.56 Å². The number of benzene rings is 1. The molecule has 1 aromatic rings. The summed E-state index contributed by atoms with van der Waals surface area (Å²) in [6, 6.07) is 7.25. The molecule has 0 aromatic heterocycles. The maximum absolute atomic E-state index is 9.33. The Morgan fingerprint density at radius 2 is 1.92 bits per heavy atom. The highest BCUT2D eigenvalue weighted by Gasteiger charge is 1.91. The second-order valence-corrected chi connectivity index (χ2v) is 2.44. The maximum atomic E-state index is 9.33. The summed E-state index contributed by atoms with van der Waals surface area (Å²) in [5.41, 5.74) is 0.843.